The van der Waals surface area contributed by atoms with Crippen LogP contribution in [0.25, 0.3) is 0 Å². The third-order valence-electron chi connectivity index (χ3n) is 14.6. The quantitative estimate of drug-likeness (QED) is 0.0195. The summed E-state index contributed by atoms with van der Waals surface area (Å²) in [6, 6.07) is -1.03. The van der Waals surface area contributed by atoms with E-state index in [0.29, 0.717) is 12.8 Å². The number of ether oxygens (including phenoxy) is 3. The molecule has 0 aromatic rings. The van der Waals surface area contributed by atoms with Crippen LogP contribution < -0.4 is 5.32 Å². The van der Waals surface area contributed by atoms with Crippen LogP contribution in [0.15, 0.2) is 72.9 Å². The number of allylic oxidation sites excluding steroid dienone is 11. The molecule has 446 valence electrons. The topological polar surface area (TPSA) is 175 Å². The number of nitrogens with one attached hydrogen (secondary N) is 1. The molecule has 1 rings (SSSR count). The van der Waals surface area contributed by atoms with E-state index in [-0.39, 0.29) is 19.4 Å². The van der Waals surface area contributed by atoms with Crippen molar-refractivity contribution in [3.8, 4) is 0 Å². The van der Waals surface area contributed by atoms with E-state index in [1.54, 1.807) is 6.08 Å². The molecule has 1 aliphatic rings. The van der Waals surface area contributed by atoms with Gasteiger partial charge >= 0.3 is 5.97 Å². The van der Waals surface area contributed by atoms with E-state index >= 15 is 0 Å². The number of unbranched alkanes of at least 4 members (excludes halogenated alkanes) is 29. The van der Waals surface area contributed by atoms with Crippen molar-refractivity contribution in [2.45, 2.75) is 320 Å². The predicted octanol–water partition coefficient (Wildman–Crippen LogP) is 15.2. The number of carbonyl (C=O) groups excluding carboxylic acids is 2. The van der Waals surface area contributed by atoms with Gasteiger partial charge in [0, 0.05) is 6.42 Å². The lowest BCUT2D eigenvalue weighted by atomic mass is 9.99. The van der Waals surface area contributed by atoms with Gasteiger partial charge in [0.05, 0.1) is 25.4 Å². The molecular weight excluding hydrogens is 967 g/mol. The van der Waals surface area contributed by atoms with Crippen LogP contribution in [0.1, 0.15) is 271 Å². The summed E-state index contributed by atoms with van der Waals surface area (Å²) in [7, 11) is 0. The number of rotatable bonds is 53. The zero-order chi connectivity index (χ0) is 56.1. The van der Waals surface area contributed by atoms with Gasteiger partial charge in [0.2, 0.25) is 5.91 Å². The van der Waals surface area contributed by atoms with Crippen LogP contribution in [-0.4, -0.2) is 99.6 Å². The molecule has 8 unspecified atom stereocenters. The average molecular weight is 1080 g/mol. The first-order valence-electron chi connectivity index (χ1n) is 31.7. The molecule has 0 aliphatic carbocycles. The SMILES string of the molecule is CCCC/C=C\CCCCCCC(O)C(=O)NC(COC1OC(CO)C(O)C(O)C1OC(=O)CCCCCCCCCCC/C=C\C/C=C\C/C=C\C/C=C\CCCCC)C(O)/C=C/CCCCCCCCCCCCC. The van der Waals surface area contributed by atoms with Gasteiger partial charge in [-0.05, 0) is 89.9 Å². The van der Waals surface area contributed by atoms with Gasteiger partial charge in [0.15, 0.2) is 12.4 Å². The molecule has 0 saturated carbocycles. The van der Waals surface area contributed by atoms with Gasteiger partial charge in [-0.2, -0.15) is 0 Å². The molecule has 1 aliphatic heterocycles. The van der Waals surface area contributed by atoms with Crippen molar-refractivity contribution in [3.05, 3.63) is 72.9 Å². The Hall–Kier alpha value is -2.90. The van der Waals surface area contributed by atoms with Crippen LogP contribution in [0.3, 0.4) is 0 Å². The van der Waals surface area contributed by atoms with Gasteiger partial charge in [-0.25, -0.2) is 0 Å². The Labute approximate surface area is 471 Å². The van der Waals surface area contributed by atoms with Crippen molar-refractivity contribution >= 4 is 11.9 Å². The molecule has 8 atom stereocenters. The fourth-order valence-corrected chi connectivity index (χ4v) is 9.50. The van der Waals surface area contributed by atoms with Gasteiger partial charge in [-0.1, -0.05) is 248 Å². The summed E-state index contributed by atoms with van der Waals surface area (Å²) < 4.78 is 17.6. The highest BCUT2D eigenvalue weighted by Crippen LogP contribution is 2.26. The molecule has 1 heterocycles. The summed E-state index contributed by atoms with van der Waals surface area (Å²) in [5.41, 5.74) is 0. The van der Waals surface area contributed by atoms with Gasteiger partial charge in [-0.3, -0.25) is 9.59 Å². The van der Waals surface area contributed by atoms with E-state index in [9.17, 15) is 35.1 Å². The zero-order valence-corrected chi connectivity index (χ0v) is 49.3. The predicted molar refractivity (Wildman–Crippen MR) is 319 cm³/mol. The number of hydrogen-bond acceptors (Lipinski definition) is 10. The van der Waals surface area contributed by atoms with Gasteiger partial charge in [0.25, 0.3) is 0 Å². The monoisotopic (exact) mass is 1080 g/mol. The standard InChI is InChI=1S/C66H117NO10/c1-4-7-10-13-16-19-22-24-25-26-27-28-29-30-31-32-33-34-35-37-39-42-45-48-51-54-61(71)77-64-63(73)62(72)60(55-68)76-66(64)75-56-57(58(69)52-49-46-43-41-38-36-23-20-17-14-11-8-5-2)67-65(74)59(70)53-50-47-44-40-21-18-15-12-9-6-3/h15-16,18-19,24-25,27-28,30-31,49,52,57-60,62-64,66,68-70,72-73H,4-14,17,20-23,26,29,32-48,50-51,53-56H2,1-3H3,(H,67,74)/b18-15-,19-16-,25-24-,28-27-,31-30-,52-49+. The van der Waals surface area contributed by atoms with Crippen molar-refractivity contribution in [3.63, 3.8) is 0 Å². The molecule has 11 heteroatoms. The van der Waals surface area contributed by atoms with Crippen LogP contribution >= 0.6 is 0 Å². The van der Waals surface area contributed by atoms with Crippen LogP contribution in [0.2, 0.25) is 0 Å². The highest BCUT2D eigenvalue weighted by Gasteiger charge is 2.47. The minimum absolute atomic E-state index is 0.113. The summed E-state index contributed by atoms with van der Waals surface area (Å²) in [6.07, 6.45) is 58.0. The summed E-state index contributed by atoms with van der Waals surface area (Å²) >= 11 is 0. The number of carbonyl (C=O) groups is 2. The van der Waals surface area contributed by atoms with E-state index in [1.165, 1.54) is 122 Å². The Morgan fingerprint density at radius 2 is 0.909 bits per heavy atom. The fourth-order valence-electron chi connectivity index (χ4n) is 9.50. The number of hydrogen-bond donors (Lipinski definition) is 6. The second-order valence-electron chi connectivity index (χ2n) is 21.8. The highest BCUT2D eigenvalue weighted by molar-refractivity contribution is 5.80. The van der Waals surface area contributed by atoms with Gasteiger partial charge < -0.3 is 45.1 Å². The minimum Gasteiger partial charge on any atom is -0.454 e. The largest absolute Gasteiger partial charge is 0.454 e. The number of aliphatic hydroxyl groups excluding tert-OH is 5. The number of amides is 1. The van der Waals surface area contributed by atoms with Gasteiger partial charge in [0.1, 0.15) is 24.4 Å². The average Bonchev–Trinajstić information content (AvgIpc) is 3.43. The van der Waals surface area contributed by atoms with Crippen molar-refractivity contribution < 1.29 is 49.3 Å². The number of esters is 1. The van der Waals surface area contributed by atoms with Crippen molar-refractivity contribution in [1.82, 2.24) is 5.32 Å². The van der Waals surface area contributed by atoms with E-state index in [1.807, 2.05) is 6.08 Å². The lowest BCUT2D eigenvalue weighted by molar-refractivity contribution is -0.305. The summed E-state index contributed by atoms with van der Waals surface area (Å²) in [4.78, 5) is 26.5. The van der Waals surface area contributed by atoms with Gasteiger partial charge in [-0.15, -0.1) is 0 Å². The second kappa shape index (κ2) is 53.7. The second-order valence-corrected chi connectivity index (χ2v) is 21.8. The minimum atomic E-state index is -1.62. The normalized spacial score (nSPS) is 19.5. The molecule has 1 amide bonds. The Kier molecular flexibility index (Phi) is 50.3. The molecule has 0 radical (unpaired) electrons. The Morgan fingerprint density at radius 3 is 1.42 bits per heavy atom. The van der Waals surface area contributed by atoms with E-state index in [0.717, 1.165) is 103 Å². The van der Waals surface area contributed by atoms with Crippen molar-refractivity contribution in [1.29, 1.82) is 0 Å². The van der Waals surface area contributed by atoms with Crippen molar-refractivity contribution in [2.24, 2.45) is 0 Å². The third-order valence-corrected chi connectivity index (χ3v) is 14.6. The summed E-state index contributed by atoms with van der Waals surface area (Å²) in [6.45, 7) is 5.71. The van der Waals surface area contributed by atoms with Crippen LogP contribution in [0, 0.1) is 0 Å². The molecule has 1 fully saturated rings. The molecule has 0 aromatic heterocycles. The zero-order valence-electron chi connectivity index (χ0n) is 49.3. The smallest absolute Gasteiger partial charge is 0.306 e. The van der Waals surface area contributed by atoms with Crippen LogP contribution in [0.4, 0.5) is 0 Å². The van der Waals surface area contributed by atoms with Crippen LogP contribution in [0.5, 0.6) is 0 Å². The lowest BCUT2D eigenvalue weighted by Crippen LogP contribution is -2.61. The molecule has 77 heavy (non-hydrogen) atoms. The maximum atomic E-state index is 13.4. The summed E-state index contributed by atoms with van der Waals surface area (Å²) in [5.74, 6) is -1.21. The number of aliphatic hydroxyl groups is 5. The molecule has 0 spiro atoms. The third kappa shape index (κ3) is 41.7. The first-order chi connectivity index (χ1) is 37.7. The molecular formula is C66H117NO10. The Balaban J connectivity index is 2.60. The first-order valence-corrected chi connectivity index (χ1v) is 31.7. The van der Waals surface area contributed by atoms with E-state index < -0.39 is 67.4 Å². The molecule has 1 saturated heterocycles. The lowest BCUT2D eigenvalue weighted by Gasteiger charge is -2.41. The Morgan fingerprint density at radius 1 is 0.506 bits per heavy atom. The first kappa shape index (κ1) is 72.1. The maximum Gasteiger partial charge on any atom is 0.306 e. The highest BCUT2D eigenvalue weighted by atomic mass is 16.7. The Bertz CT molecular complexity index is 1530. The molecule has 6 N–H and O–H groups in total. The fraction of sp³-hybridized carbons (Fsp3) is 0.788. The maximum absolute atomic E-state index is 13.4. The van der Waals surface area contributed by atoms with E-state index in [4.69, 9.17) is 14.2 Å². The molecule has 0 aromatic carbocycles. The molecule has 11 nitrogen and oxygen atoms in total. The van der Waals surface area contributed by atoms with Crippen molar-refractivity contribution in [2.75, 3.05) is 13.2 Å². The van der Waals surface area contributed by atoms with E-state index in [2.05, 4.69) is 86.8 Å². The summed E-state index contributed by atoms with van der Waals surface area (Å²) in [5, 5.41) is 56.9. The van der Waals surface area contributed by atoms with Crippen LogP contribution in [-0.2, 0) is 23.8 Å². The molecule has 0 bridgehead atoms.